The van der Waals surface area contributed by atoms with E-state index in [0.717, 1.165) is 67.0 Å². The van der Waals surface area contributed by atoms with Crippen molar-refractivity contribution in [2.45, 2.75) is 13.1 Å². The van der Waals surface area contributed by atoms with Crippen LogP contribution in [0.1, 0.15) is 0 Å². The van der Waals surface area contributed by atoms with Gasteiger partial charge in [0.05, 0.1) is 22.4 Å². The highest BCUT2D eigenvalue weighted by molar-refractivity contribution is 7.04. The highest BCUT2D eigenvalue weighted by Crippen LogP contribution is 2.39. The summed E-state index contributed by atoms with van der Waals surface area (Å²) >= 11 is 0. The molecule has 4 heterocycles. The maximum atomic E-state index is 6.28. The van der Waals surface area contributed by atoms with Gasteiger partial charge < -0.3 is 8.98 Å². The fourth-order valence-electron chi connectivity index (χ4n) is 7.78. The summed E-state index contributed by atoms with van der Waals surface area (Å²) in [5.41, 5.74) is 10.8. The van der Waals surface area contributed by atoms with E-state index in [9.17, 15) is 0 Å². The summed E-state index contributed by atoms with van der Waals surface area (Å²) in [6.45, 7) is 4.85. The van der Waals surface area contributed by atoms with Crippen LogP contribution in [0, 0.1) is 0 Å². The molecule has 4 nitrogen and oxygen atoms in total. The summed E-state index contributed by atoms with van der Waals surface area (Å²) in [5, 5.41) is 7.39. The summed E-state index contributed by atoms with van der Waals surface area (Å²) in [6.07, 6.45) is 0. The van der Waals surface area contributed by atoms with Crippen molar-refractivity contribution in [1.82, 2.24) is 14.5 Å². The van der Waals surface area contributed by atoms with E-state index in [1.54, 1.807) is 0 Å². The fraction of sp³-hybridized carbons (Fsp3) is 0.0476. The van der Waals surface area contributed by atoms with Gasteiger partial charge in [0, 0.05) is 38.4 Å². The van der Waals surface area contributed by atoms with Crippen LogP contribution in [-0.2, 0) is 0 Å². The van der Waals surface area contributed by atoms with E-state index >= 15 is 0 Å². The SMILES string of the molecule is C[Si]1(C)c2ccccc2-c2nc(-c3ccc(-n4c5ccccc5c5cc6oc7ccccc7c6cc54)cc3)nc(-c3ccccc3)c21. The Morgan fingerprint density at radius 1 is 0.532 bits per heavy atom. The van der Waals surface area contributed by atoms with E-state index < -0.39 is 8.07 Å². The second-order valence-corrected chi connectivity index (χ2v) is 17.3. The van der Waals surface area contributed by atoms with Gasteiger partial charge in [-0.15, -0.1) is 0 Å². The van der Waals surface area contributed by atoms with Crippen molar-refractivity contribution in [3.63, 3.8) is 0 Å². The van der Waals surface area contributed by atoms with Crippen molar-refractivity contribution < 1.29 is 4.42 Å². The summed E-state index contributed by atoms with van der Waals surface area (Å²) in [4.78, 5) is 10.6. The fourth-order valence-corrected chi connectivity index (χ4v) is 11.0. The van der Waals surface area contributed by atoms with Crippen LogP contribution >= 0.6 is 0 Å². The summed E-state index contributed by atoms with van der Waals surface area (Å²) in [6, 6.07) is 49.5. The van der Waals surface area contributed by atoms with Gasteiger partial charge in [0.15, 0.2) is 5.82 Å². The zero-order chi connectivity index (χ0) is 31.3. The van der Waals surface area contributed by atoms with Gasteiger partial charge in [-0.3, -0.25) is 0 Å². The summed E-state index contributed by atoms with van der Waals surface area (Å²) < 4.78 is 8.64. The van der Waals surface area contributed by atoms with Crippen LogP contribution in [0.3, 0.4) is 0 Å². The third kappa shape index (κ3) is 3.75. The van der Waals surface area contributed by atoms with Crippen molar-refractivity contribution in [2.24, 2.45) is 0 Å². The van der Waals surface area contributed by atoms with Gasteiger partial charge in [0.25, 0.3) is 0 Å². The predicted octanol–water partition coefficient (Wildman–Crippen LogP) is 9.61. The van der Waals surface area contributed by atoms with E-state index in [-0.39, 0.29) is 0 Å². The Morgan fingerprint density at radius 3 is 2.09 bits per heavy atom. The van der Waals surface area contributed by atoms with E-state index in [2.05, 4.69) is 145 Å². The molecule has 0 radical (unpaired) electrons. The Morgan fingerprint density at radius 2 is 1.23 bits per heavy atom. The van der Waals surface area contributed by atoms with Gasteiger partial charge in [-0.2, -0.15) is 0 Å². The van der Waals surface area contributed by atoms with E-state index in [0.29, 0.717) is 0 Å². The normalized spacial score (nSPS) is 13.5. The third-order valence-corrected chi connectivity index (χ3v) is 13.5. The first-order chi connectivity index (χ1) is 23.1. The predicted molar refractivity (Wildman–Crippen MR) is 197 cm³/mol. The molecule has 1 aliphatic heterocycles. The third-order valence-electron chi connectivity index (χ3n) is 9.99. The number of aromatic nitrogens is 3. The molecule has 10 rings (SSSR count). The van der Waals surface area contributed by atoms with Crippen molar-refractivity contribution in [3.8, 4) is 39.6 Å². The molecule has 0 aliphatic carbocycles. The number of benzene rings is 6. The number of rotatable bonds is 3. The second kappa shape index (κ2) is 9.61. The molecule has 0 saturated heterocycles. The molecule has 0 N–H and O–H groups in total. The molecule has 0 spiro atoms. The van der Waals surface area contributed by atoms with Gasteiger partial charge in [-0.1, -0.05) is 104 Å². The van der Waals surface area contributed by atoms with E-state index in [1.165, 1.54) is 26.7 Å². The number of para-hydroxylation sites is 2. The van der Waals surface area contributed by atoms with Crippen LogP contribution in [0.15, 0.2) is 144 Å². The molecule has 0 bridgehead atoms. The van der Waals surface area contributed by atoms with Crippen LogP contribution in [0.2, 0.25) is 13.1 Å². The topological polar surface area (TPSA) is 43.9 Å². The van der Waals surface area contributed by atoms with Crippen LogP contribution in [0.25, 0.3) is 83.3 Å². The monoisotopic (exact) mass is 619 g/mol. The Hall–Kier alpha value is -5.78. The smallest absolute Gasteiger partial charge is 0.160 e. The molecule has 0 saturated carbocycles. The van der Waals surface area contributed by atoms with Gasteiger partial charge in [-0.25, -0.2) is 9.97 Å². The molecule has 9 aromatic rings. The highest BCUT2D eigenvalue weighted by Gasteiger charge is 2.41. The number of furan rings is 1. The lowest BCUT2D eigenvalue weighted by molar-refractivity contribution is 0.669. The first-order valence-corrected chi connectivity index (χ1v) is 19.1. The Balaban J connectivity index is 1.17. The Kier molecular flexibility index (Phi) is 5.41. The quantitative estimate of drug-likeness (QED) is 0.185. The van der Waals surface area contributed by atoms with Gasteiger partial charge in [0.2, 0.25) is 0 Å². The van der Waals surface area contributed by atoms with Crippen LogP contribution in [-0.4, -0.2) is 22.6 Å². The largest absolute Gasteiger partial charge is 0.456 e. The Bertz CT molecular complexity index is 2700. The van der Waals surface area contributed by atoms with Crippen LogP contribution in [0.5, 0.6) is 0 Å². The molecule has 0 atom stereocenters. The minimum absolute atomic E-state index is 0.754. The minimum atomic E-state index is -2.00. The molecule has 3 aromatic heterocycles. The summed E-state index contributed by atoms with van der Waals surface area (Å²) in [7, 11) is -2.00. The van der Waals surface area contributed by atoms with Crippen molar-refractivity contribution in [2.75, 3.05) is 0 Å². The molecule has 5 heteroatoms. The van der Waals surface area contributed by atoms with Crippen molar-refractivity contribution in [1.29, 1.82) is 0 Å². The van der Waals surface area contributed by atoms with Gasteiger partial charge >= 0.3 is 0 Å². The molecule has 0 fully saturated rings. The number of hydrogen-bond donors (Lipinski definition) is 0. The van der Waals surface area contributed by atoms with Gasteiger partial charge in [-0.05, 0) is 64.5 Å². The zero-order valence-electron chi connectivity index (χ0n) is 26.0. The maximum absolute atomic E-state index is 6.28. The first kappa shape index (κ1) is 26.4. The Labute approximate surface area is 272 Å². The van der Waals surface area contributed by atoms with E-state index in [4.69, 9.17) is 14.4 Å². The standard InChI is InChI=1S/C42H29N3OSi/c1-47(2)38-19-11-8-16-31(38)40-41(47)39(26-12-4-3-5-13-26)43-42(44-40)27-20-22-28(23-21-27)45-34-17-9-6-14-29(34)32-25-37-33(24-35(32)45)30-15-7-10-18-36(30)46-37/h3-25H,1-2H3. The lowest BCUT2D eigenvalue weighted by Crippen LogP contribution is -2.50. The molecule has 0 unspecified atom stereocenters. The lowest BCUT2D eigenvalue weighted by atomic mass is 10.1. The highest BCUT2D eigenvalue weighted by atomic mass is 28.3. The molecular weight excluding hydrogens is 591 g/mol. The average Bonchev–Trinajstić information content (AvgIpc) is 3.72. The van der Waals surface area contributed by atoms with Crippen molar-refractivity contribution >= 4 is 62.2 Å². The number of fused-ring (bicyclic) bond motifs is 9. The molecule has 47 heavy (non-hydrogen) atoms. The van der Waals surface area contributed by atoms with Crippen LogP contribution in [0.4, 0.5) is 0 Å². The van der Waals surface area contributed by atoms with E-state index in [1.807, 2.05) is 12.1 Å². The first-order valence-electron chi connectivity index (χ1n) is 16.1. The zero-order valence-corrected chi connectivity index (χ0v) is 27.0. The molecule has 222 valence electrons. The molecule has 6 aromatic carbocycles. The summed E-state index contributed by atoms with van der Waals surface area (Å²) in [5.74, 6) is 0.754. The maximum Gasteiger partial charge on any atom is 0.160 e. The molecular formula is C42H29N3OSi. The number of nitrogens with zero attached hydrogens (tertiary/aromatic N) is 3. The van der Waals surface area contributed by atoms with Crippen LogP contribution < -0.4 is 10.4 Å². The average molecular weight is 620 g/mol. The minimum Gasteiger partial charge on any atom is -0.456 e. The van der Waals surface area contributed by atoms with Crippen molar-refractivity contribution in [3.05, 3.63) is 140 Å². The molecule has 0 amide bonds. The number of hydrogen-bond acceptors (Lipinski definition) is 3. The molecule has 1 aliphatic rings. The van der Waals surface area contributed by atoms with Gasteiger partial charge in [0.1, 0.15) is 19.2 Å². The second-order valence-electron chi connectivity index (χ2n) is 13.0. The lowest BCUT2D eigenvalue weighted by Gasteiger charge is -2.21.